The number of carboxylic acid groups (broad SMARTS) is 1. The summed E-state index contributed by atoms with van der Waals surface area (Å²) < 4.78 is 3.32. The van der Waals surface area contributed by atoms with Crippen molar-refractivity contribution in [2.75, 3.05) is 5.73 Å². The van der Waals surface area contributed by atoms with Crippen LogP contribution in [0.2, 0.25) is 5.02 Å². The average molecular weight is 461 g/mol. The van der Waals surface area contributed by atoms with E-state index < -0.39 is 5.97 Å². The highest BCUT2D eigenvalue weighted by molar-refractivity contribution is 7.17. The first kappa shape index (κ1) is 20.6. The molecule has 3 N–H and O–H groups in total. The van der Waals surface area contributed by atoms with E-state index in [2.05, 4.69) is 22.9 Å². The van der Waals surface area contributed by atoms with Gasteiger partial charge < -0.3 is 15.4 Å². The van der Waals surface area contributed by atoms with E-state index in [1.54, 1.807) is 11.3 Å². The van der Waals surface area contributed by atoms with Crippen LogP contribution in [0.5, 0.6) is 0 Å². The zero-order chi connectivity index (χ0) is 22.4. The van der Waals surface area contributed by atoms with Gasteiger partial charge in [0.25, 0.3) is 0 Å². The molecule has 0 fully saturated rings. The van der Waals surface area contributed by atoms with E-state index in [9.17, 15) is 9.90 Å². The summed E-state index contributed by atoms with van der Waals surface area (Å²) in [6, 6.07) is 18.0. The topological polar surface area (TPSA) is 68.2 Å². The van der Waals surface area contributed by atoms with Crippen LogP contribution >= 0.6 is 22.9 Å². The third-order valence-corrected chi connectivity index (χ3v) is 7.08. The van der Waals surface area contributed by atoms with E-state index in [0.29, 0.717) is 17.3 Å². The lowest BCUT2D eigenvalue weighted by Gasteiger charge is -2.10. The summed E-state index contributed by atoms with van der Waals surface area (Å²) in [5.74, 6) is -0.840. The van der Waals surface area contributed by atoms with Crippen molar-refractivity contribution in [3.63, 3.8) is 0 Å². The number of rotatable bonds is 5. The van der Waals surface area contributed by atoms with E-state index in [0.717, 1.165) is 44.1 Å². The molecule has 5 aromatic rings. The molecule has 0 aliphatic carbocycles. The van der Waals surface area contributed by atoms with Gasteiger partial charge in [-0.3, -0.25) is 4.79 Å². The normalized spacial score (nSPS) is 11.4. The van der Waals surface area contributed by atoms with Gasteiger partial charge in [0.05, 0.1) is 6.42 Å². The molecule has 3 aromatic carbocycles. The summed E-state index contributed by atoms with van der Waals surface area (Å²) in [6.07, 6.45) is 1.94. The molecule has 32 heavy (non-hydrogen) atoms. The average Bonchev–Trinajstić information content (AvgIpc) is 3.30. The first-order chi connectivity index (χ1) is 15.4. The number of benzene rings is 3. The number of nitrogens with zero attached hydrogens (tertiary/aromatic N) is 1. The van der Waals surface area contributed by atoms with Gasteiger partial charge in [-0.1, -0.05) is 29.8 Å². The Bertz CT molecular complexity index is 1500. The molecule has 4 nitrogen and oxygen atoms in total. The minimum atomic E-state index is -0.840. The maximum atomic E-state index is 11.5. The number of nitrogen functional groups attached to an aromatic ring is 1. The molecular weight excluding hydrogens is 440 g/mol. The van der Waals surface area contributed by atoms with Gasteiger partial charge in [-0.2, -0.15) is 0 Å². The Morgan fingerprint density at radius 1 is 1.06 bits per heavy atom. The molecule has 0 unspecified atom stereocenters. The molecular formula is C26H21ClN2O2S. The molecule has 5 rings (SSSR count). The van der Waals surface area contributed by atoms with Crippen LogP contribution in [0, 0.1) is 6.92 Å². The Morgan fingerprint density at radius 3 is 2.72 bits per heavy atom. The molecule has 0 bridgehead atoms. The van der Waals surface area contributed by atoms with Crippen molar-refractivity contribution < 1.29 is 9.90 Å². The predicted molar refractivity (Wildman–Crippen MR) is 134 cm³/mol. The molecule has 0 aliphatic heterocycles. The Kier molecular flexibility index (Phi) is 5.16. The van der Waals surface area contributed by atoms with E-state index in [1.807, 2.05) is 54.7 Å². The Hall–Kier alpha value is -3.28. The van der Waals surface area contributed by atoms with E-state index in [4.69, 9.17) is 17.3 Å². The van der Waals surface area contributed by atoms with Crippen LogP contribution in [0.4, 0.5) is 5.69 Å². The number of carbonyl (C=O) groups is 1. The van der Waals surface area contributed by atoms with Gasteiger partial charge in [0, 0.05) is 39.1 Å². The number of carboxylic acids is 1. The first-order valence-corrected chi connectivity index (χ1v) is 11.5. The predicted octanol–water partition coefficient (Wildman–Crippen LogP) is 6.74. The summed E-state index contributed by atoms with van der Waals surface area (Å²) in [7, 11) is 0. The summed E-state index contributed by atoms with van der Waals surface area (Å²) in [5, 5.41) is 14.4. The van der Waals surface area contributed by atoms with E-state index >= 15 is 0 Å². The third kappa shape index (κ3) is 3.74. The highest BCUT2D eigenvalue weighted by atomic mass is 35.5. The van der Waals surface area contributed by atoms with Crippen LogP contribution in [0.25, 0.3) is 32.1 Å². The van der Waals surface area contributed by atoms with Crippen LogP contribution < -0.4 is 5.73 Å². The molecule has 6 heteroatoms. The molecule has 160 valence electrons. The van der Waals surface area contributed by atoms with Crippen molar-refractivity contribution in [1.29, 1.82) is 0 Å². The zero-order valence-corrected chi connectivity index (χ0v) is 19.0. The maximum Gasteiger partial charge on any atom is 0.307 e. The van der Waals surface area contributed by atoms with Crippen LogP contribution in [0.15, 0.2) is 66.2 Å². The molecule has 0 spiro atoms. The van der Waals surface area contributed by atoms with Crippen LogP contribution in [-0.2, 0) is 17.8 Å². The Balaban J connectivity index is 1.67. The molecule has 0 saturated heterocycles. The fourth-order valence-corrected chi connectivity index (χ4v) is 5.39. The molecule has 0 atom stereocenters. The molecule has 2 heterocycles. The van der Waals surface area contributed by atoms with Gasteiger partial charge in [0.2, 0.25) is 0 Å². The number of hydrogen-bond acceptors (Lipinski definition) is 3. The monoisotopic (exact) mass is 460 g/mol. The van der Waals surface area contributed by atoms with Crippen molar-refractivity contribution in [1.82, 2.24) is 4.57 Å². The summed E-state index contributed by atoms with van der Waals surface area (Å²) >= 11 is 7.93. The van der Waals surface area contributed by atoms with Crippen molar-refractivity contribution in [3.05, 3.63) is 87.9 Å². The van der Waals surface area contributed by atoms with Gasteiger partial charge in [0.15, 0.2) is 0 Å². The summed E-state index contributed by atoms with van der Waals surface area (Å²) in [4.78, 5) is 11.5. The van der Waals surface area contributed by atoms with Gasteiger partial charge >= 0.3 is 5.97 Å². The van der Waals surface area contributed by atoms with Crippen molar-refractivity contribution in [2.45, 2.75) is 19.9 Å². The first-order valence-electron chi connectivity index (χ1n) is 10.2. The number of aromatic nitrogens is 1. The Labute approximate surface area is 194 Å². The van der Waals surface area contributed by atoms with Gasteiger partial charge in [0.1, 0.15) is 0 Å². The number of fused-ring (bicyclic) bond motifs is 2. The number of aryl methyl sites for hydroxylation is 1. The lowest BCUT2D eigenvalue weighted by Crippen LogP contribution is -2.00. The fraction of sp³-hybridized carbons (Fsp3) is 0.115. The maximum absolute atomic E-state index is 11.5. The number of nitrogens with two attached hydrogens (primary N) is 1. The van der Waals surface area contributed by atoms with E-state index in [-0.39, 0.29) is 6.42 Å². The molecule has 0 saturated carbocycles. The highest BCUT2D eigenvalue weighted by Crippen LogP contribution is 2.33. The second-order valence-electron chi connectivity index (χ2n) is 8.06. The van der Waals surface area contributed by atoms with Crippen LogP contribution in [-0.4, -0.2) is 15.6 Å². The number of anilines is 1. The van der Waals surface area contributed by atoms with Crippen molar-refractivity contribution in [2.24, 2.45) is 0 Å². The quantitative estimate of drug-likeness (QED) is 0.285. The van der Waals surface area contributed by atoms with Crippen molar-refractivity contribution in [3.8, 4) is 11.1 Å². The standard InChI is InChI=1S/C26H21ClN2O2S/c1-15-2-5-20(28)11-22(15)16-3-6-21-17(9-26(30)31)12-29(24(21)8-16)13-18-14-32-25-7-4-19(27)10-23(18)25/h2-8,10-12,14H,9,13,28H2,1H3,(H,30,31). The summed E-state index contributed by atoms with van der Waals surface area (Å²) in [5.41, 5.74) is 13.0. The molecule has 0 amide bonds. The van der Waals surface area contributed by atoms with Gasteiger partial charge in [-0.05, 0) is 81.9 Å². The molecule has 2 aromatic heterocycles. The second kappa shape index (κ2) is 8.01. The highest BCUT2D eigenvalue weighted by Gasteiger charge is 2.15. The number of halogens is 1. The van der Waals surface area contributed by atoms with Crippen LogP contribution in [0.3, 0.4) is 0 Å². The smallest absolute Gasteiger partial charge is 0.307 e. The molecule has 0 radical (unpaired) electrons. The lowest BCUT2D eigenvalue weighted by atomic mass is 9.98. The zero-order valence-electron chi connectivity index (χ0n) is 17.4. The minimum absolute atomic E-state index is 0.0175. The number of hydrogen-bond donors (Lipinski definition) is 2. The lowest BCUT2D eigenvalue weighted by molar-refractivity contribution is -0.136. The van der Waals surface area contributed by atoms with Crippen molar-refractivity contribution >= 4 is 55.6 Å². The van der Waals surface area contributed by atoms with Gasteiger partial charge in [-0.25, -0.2) is 0 Å². The third-order valence-electron chi connectivity index (χ3n) is 5.84. The minimum Gasteiger partial charge on any atom is -0.481 e. The second-order valence-corrected chi connectivity index (χ2v) is 9.41. The van der Waals surface area contributed by atoms with E-state index in [1.165, 1.54) is 4.70 Å². The SMILES string of the molecule is Cc1ccc(N)cc1-c1ccc2c(CC(=O)O)cn(Cc3csc4ccc(Cl)cc34)c2c1. The van der Waals surface area contributed by atoms with Gasteiger partial charge in [-0.15, -0.1) is 11.3 Å². The number of aliphatic carboxylic acids is 1. The summed E-state index contributed by atoms with van der Waals surface area (Å²) in [6.45, 7) is 2.70. The number of thiophene rings is 1. The fourth-order valence-electron chi connectivity index (χ4n) is 4.28. The van der Waals surface area contributed by atoms with Crippen LogP contribution in [0.1, 0.15) is 16.7 Å². The molecule has 0 aliphatic rings. The largest absolute Gasteiger partial charge is 0.481 e. The Morgan fingerprint density at radius 2 is 1.91 bits per heavy atom.